The van der Waals surface area contributed by atoms with Crippen LogP contribution in [0.1, 0.15) is 95.0 Å². The fourth-order valence-corrected chi connectivity index (χ4v) is 20.9. The van der Waals surface area contributed by atoms with Crippen molar-refractivity contribution < 1.29 is 9.53 Å². The number of carbonyl (C=O) groups is 1. The first-order valence-electron chi connectivity index (χ1n) is 21.4. The Morgan fingerprint density at radius 1 is 0.821 bits per heavy atom. The molecule has 7 unspecified atom stereocenters. The zero-order valence-electron chi connectivity index (χ0n) is 30.8. The number of fused-ring (bicyclic) bond motifs is 1. The van der Waals surface area contributed by atoms with Crippen molar-refractivity contribution >= 4 is 115 Å². The molecule has 11 aliphatic rings. The molecule has 6 aromatic carbocycles. The first-order valence-corrected chi connectivity index (χ1v) is 23.1. The molecule has 4 heteroatoms. The van der Waals surface area contributed by atoms with Crippen LogP contribution in [0.3, 0.4) is 0 Å². The molecule has 1 spiro atoms. The quantitative estimate of drug-likeness (QED) is 0.0961. The number of hydrogen-bond donors (Lipinski definition) is 0. The van der Waals surface area contributed by atoms with Crippen molar-refractivity contribution in [3.63, 3.8) is 0 Å². The van der Waals surface area contributed by atoms with Gasteiger partial charge in [0.1, 0.15) is 0 Å². The molecule has 0 saturated heterocycles. The van der Waals surface area contributed by atoms with E-state index in [1.165, 1.54) is 45.7 Å². The number of allylic oxidation sites excluding steroid dienone is 6. The number of rotatable bonds is 6. The highest BCUT2D eigenvalue weighted by molar-refractivity contribution is 7.27. The van der Waals surface area contributed by atoms with E-state index in [2.05, 4.69) is 59.2 Å². The fourth-order valence-electron chi connectivity index (χ4n) is 18.4. The Balaban J connectivity index is 1.08. The van der Waals surface area contributed by atoms with Crippen molar-refractivity contribution in [3.8, 4) is 0 Å². The summed E-state index contributed by atoms with van der Waals surface area (Å²) in [5, 5.41) is 22.1. The molecule has 2 aromatic heterocycles. The molecule has 3 saturated carbocycles. The van der Waals surface area contributed by atoms with Gasteiger partial charge in [0, 0.05) is 54.7 Å². The molecular weight excluding hydrogens is 721 g/mol. The number of ether oxygens (including phenoxy) is 1. The molecular formula is C52H32O2S2. The average Bonchev–Trinajstić information content (AvgIpc) is 4.01. The second kappa shape index (κ2) is 7.49. The van der Waals surface area contributed by atoms with Gasteiger partial charge in [-0.25, -0.2) is 0 Å². The van der Waals surface area contributed by atoms with Crippen molar-refractivity contribution in [2.75, 3.05) is 7.11 Å². The zero-order valence-corrected chi connectivity index (χ0v) is 32.4. The molecule has 3 fully saturated rings. The highest BCUT2D eigenvalue weighted by Gasteiger charge is 2.93. The molecule has 56 heavy (non-hydrogen) atoms. The summed E-state index contributed by atoms with van der Waals surface area (Å²) in [4.78, 5) is 14.2. The van der Waals surface area contributed by atoms with Gasteiger partial charge in [0.15, 0.2) is 0 Å². The second-order valence-electron chi connectivity index (χ2n) is 20.2. The smallest absolute Gasteiger partial charge is 0.305 e. The summed E-state index contributed by atoms with van der Waals surface area (Å²) in [6.07, 6.45) is 17.0. The lowest BCUT2D eigenvalue weighted by molar-refractivity contribution is -0.140. The molecule has 0 N–H and O–H groups in total. The van der Waals surface area contributed by atoms with E-state index >= 15 is 0 Å². The molecule has 8 atom stereocenters. The third-order valence-corrected chi connectivity index (χ3v) is 21.4. The normalized spacial score (nSPS) is 34.9. The van der Waals surface area contributed by atoms with Crippen molar-refractivity contribution in [3.05, 3.63) is 102 Å². The van der Waals surface area contributed by atoms with E-state index in [-0.39, 0.29) is 22.2 Å². The van der Waals surface area contributed by atoms with E-state index in [1.54, 1.807) is 116 Å². The third kappa shape index (κ3) is 2.08. The summed E-state index contributed by atoms with van der Waals surface area (Å²) in [6, 6.07) is 10.4. The molecule has 8 aromatic rings. The predicted molar refractivity (Wildman–Crippen MR) is 227 cm³/mol. The van der Waals surface area contributed by atoms with Crippen LogP contribution in [0, 0.1) is 23.2 Å². The molecule has 19 rings (SSSR count). The van der Waals surface area contributed by atoms with Gasteiger partial charge in [0.05, 0.1) is 7.11 Å². The van der Waals surface area contributed by atoms with Crippen LogP contribution in [0.4, 0.5) is 0 Å². The van der Waals surface area contributed by atoms with Gasteiger partial charge in [-0.1, -0.05) is 30.7 Å². The maximum Gasteiger partial charge on any atom is 0.305 e. The van der Waals surface area contributed by atoms with Crippen molar-refractivity contribution in [1.29, 1.82) is 0 Å². The van der Waals surface area contributed by atoms with Crippen LogP contribution in [-0.4, -0.2) is 13.1 Å². The number of methoxy groups -OCH3 is 1. The number of esters is 1. The van der Waals surface area contributed by atoms with Crippen molar-refractivity contribution in [2.45, 2.75) is 74.0 Å². The van der Waals surface area contributed by atoms with Crippen LogP contribution in [0.15, 0.2) is 52.9 Å². The van der Waals surface area contributed by atoms with Gasteiger partial charge in [-0.15, -0.1) is 22.7 Å². The largest absolute Gasteiger partial charge is 0.469 e. The van der Waals surface area contributed by atoms with Crippen LogP contribution in [0.25, 0.3) is 86.1 Å². The first-order chi connectivity index (χ1) is 27.6. The molecule has 0 amide bonds. The van der Waals surface area contributed by atoms with Gasteiger partial charge in [0.2, 0.25) is 0 Å². The molecule has 2 nitrogen and oxygen atoms in total. The van der Waals surface area contributed by atoms with Crippen LogP contribution in [-0.2, 0) is 26.8 Å². The van der Waals surface area contributed by atoms with Gasteiger partial charge in [0.25, 0.3) is 0 Å². The Labute approximate surface area is 328 Å². The van der Waals surface area contributed by atoms with Gasteiger partial charge < -0.3 is 4.74 Å². The molecule has 0 bridgehead atoms. The SMILES string of the molecule is COC(=O)CCCCC1(c2cc3sccc3s2)C23CC4=CC5CC6=CC7Cc8cc9cc%10c%11c%12c%13c%14c(c4c4c%14c%14c%15c(c8c9c%11c%15%13)C7C%14=C6[C@H]45)C21C=%12C(C=%10)C3. The van der Waals surface area contributed by atoms with E-state index in [0.717, 1.165) is 19.3 Å². The van der Waals surface area contributed by atoms with Gasteiger partial charge >= 0.3 is 5.97 Å². The standard InChI is InChI=1S/C52H32O2S2/c1-54-29(53)4-2-3-6-51(28-15-27-26(56-28)5-7-55-27)50-16-24-13-22-11-20-10-21-9-18-8-19-12-23-14-25(17-50)48-46-35(23)39-31(19)30(18)37-34(21)38-32(20)33(22)40-36(24)49(52(48,50)51)47-44(40)42(38)41(37)43(39)45(46)47/h5,7-8,10,12-15,21-22,25,33-34H,2-4,6,9,11,16-17H2,1H3/t21?,22?,25?,33-,34?,50?,51?,52?/m1/s1. The minimum absolute atomic E-state index is 0.00213. The maximum atomic E-state index is 12.6. The van der Waals surface area contributed by atoms with Crippen LogP contribution in [0.2, 0.25) is 0 Å². The van der Waals surface area contributed by atoms with Gasteiger partial charge in [-0.3, -0.25) is 4.79 Å². The van der Waals surface area contributed by atoms with E-state index in [0.29, 0.717) is 36.0 Å². The van der Waals surface area contributed by atoms with Gasteiger partial charge in [-0.2, -0.15) is 0 Å². The van der Waals surface area contributed by atoms with Crippen LogP contribution < -0.4 is 10.4 Å². The number of hydrogen-bond acceptors (Lipinski definition) is 4. The van der Waals surface area contributed by atoms with E-state index in [9.17, 15) is 4.79 Å². The number of carbonyl (C=O) groups excluding carboxylic acids is 1. The second-order valence-corrected chi connectivity index (χ2v) is 22.2. The Morgan fingerprint density at radius 3 is 2.62 bits per heavy atom. The highest BCUT2D eigenvalue weighted by atomic mass is 32.1. The van der Waals surface area contributed by atoms with Crippen molar-refractivity contribution in [2.24, 2.45) is 23.2 Å². The van der Waals surface area contributed by atoms with Crippen molar-refractivity contribution in [1.82, 2.24) is 0 Å². The summed E-state index contributed by atoms with van der Waals surface area (Å²) < 4.78 is 8.12. The summed E-state index contributed by atoms with van der Waals surface area (Å²) in [5.74, 6) is 2.65. The van der Waals surface area contributed by atoms with E-state index < -0.39 is 0 Å². The highest BCUT2D eigenvalue weighted by Crippen LogP contribution is 2.96. The Hall–Kier alpha value is -4.51. The number of thiophene rings is 2. The Kier molecular flexibility index (Phi) is 3.64. The minimum atomic E-state index is -0.0637. The number of unbranched alkanes of at least 4 members (excludes halogenated alkanes) is 1. The number of benzene rings is 3. The fraction of sp³-hybridized carbons (Fsp3) is 0.327. The molecule has 0 radical (unpaired) electrons. The minimum Gasteiger partial charge on any atom is -0.469 e. The summed E-state index contributed by atoms with van der Waals surface area (Å²) in [7, 11) is 1.55. The Bertz CT molecular complexity index is 3740. The summed E-state index contributed by atoms with van der Waals surface area (Å²) in [5.41, 5.74) is 19.5. The predicted octanol–water partition coefficient (Wildman–Crippen LogP) is 10.8. The van der Waals surface area contributed by atoms with E-state index in [4.69, 9.17) is 4.74 Å². The lowest BCUT2D eigenvalue weighted by Gasteiger charge is -2.39. The molecule has 2 heterocycles. The summed E-state index contributed by atoms with van der Waals surface area (Å²) in [6.45, 7) is 0. The monoisotopic (exact) mass is 752 g/mol. The zero-order chi connectivity index (χ0) is 35.4. The maximum absolute atomic E-state index is 12.6. The topological polar surface area (TPSA) is 26.3 Å². The van der Waals surface area contributed by atoms with E-state index in [1.807, 2.05) is 22.5 Å². The first kappa shape index (κ1) is 27.2. The Morgan fingerprint density at radius 2 is 1.70 bits per heavy atom. The van der Waals surface area contributed by atoms with Crippen LogP contribution in [0.5, 0.6) is 0 Å². The molecule has 264 valence electrons. The molecule has 0 aliphatic heterocycles. The van der Waals surface area contributed by atoms with Gasteiger partial charge in [-0.05, 0) is 199 Å². The third-order valence-electron chi connectivity index (χ3n) is 19.1. The average molecular weight is 753 g/mol. The van der Waals surface area contributed by atoms with Crippen LogP contribution >= 0.6 is 22.7 Å². The summed E-state index contributed by atoms with van der Waals surface area (Å²) >= 11 is 4.05. The molecule has 11 aliphatic carbocycles. The lowest BCUT2D eigenvalue weighted by atomic mass is 9.64. The lowest BCUT2D eigenvalue weighted by Crippen LogP contribution is -2.36.